The van der Waals surface area contributed by atoms with Gasteiger partial charge in [0.1, 0.15) is 0 Å². The van der Waals surface area contributed by atoms with Crippen LogP contribution in [0.3, 0.4) is 0 Å². The predicted molar refractivity (Wildman–Crippen MR) is 69.0 cm³/mol. The van der Waals surface area contributed by atoms with E-state index in [4.69, 9.17) is 11.6 Å². The molecule has 9 heteroatoms. The Morgan fingerprint density at radius 2 is 1.89 bits per heavy atom. The monoisotopic (exact) mass is 254 g/mol. The topological polar surface area (TPSA) is 126 Å². The van der Waals surface area contributed by atoms with E-state index in [-0.39, 0.29) is 12.5 Å². The number of hydrazine groups is 1. The fraction of sp³-hybridized carbons (Fsp3) is 0.556. The van der Waals surface area contributed by atoms with Crippen LogP contribution in [0.4, 0.5) is 17.8 Å². The number of likely N-dealkylation sites (N-methyl/N-ethyl adjacent to an activating group) is 1. The predicted octanol–water partition coefficient (Wildman–Crippen LogP) is -1.47. The first-order chi connectivity index (χ1) is 8.47. The molecule has 0 fully saturated rings. The minimum absolute atomic E-state index is 0.0391. The average molecular weight is 254 g/mol. The largest absolute Gasteiger partial charge is 0.368 e. The number of nitrogen functional groups attached to an aromatic ring is 1. The fourth-order valence-corrected chi connectivity index (χ4v) is 1.27. The Kier molecular flexibility index (Phi) is 4.60. The number of hydrogen-bond acceptors (Lipinski definition) is 8. The number of primary amides is 1. The molecule has 1 aromatic rings. The van der Waals surface area contributed by atoms with Crippen molar-refractivity contribution in [3.05, 3.63) is 0 Å². The van der Waals surface area contributed by atoms with Gasteiger partial charge in [0.25, 0.3) is 0 Å². The Bertz CT molecular complexity index is 421. The van der Waals surface area contributed by atoms with E-state index < -0.39 is 5.91 Å². The van der Waals surface area contributed by atoms with Crippen molar-refractivity contribution in [3.8, 4) is 0 Å². The highest BCUT2D eigenvalue weighted by Crippen LogP contribution is 2.14. The highest BCUT2D eigenvalue weighted by Gasteiger charge is 2.14. The van der Waals surface area contributed by atoms with Gasteiger partial charge in [0.2, 0.25) is 23.8 Å². The second-order valence-corrected chi connectivity index (χ2v) is 3.78. The third-order valence-electron chi connectivity index (χ3n) is 2.15. The maximum absolute atomic E-state index is 11.0. The molecule has 5 N–H and O–H groups in total. The van der Waals surface area contributed by atoms with E-state index in [0.29, 0.717) is 18.4 Å². The van der Waals surface area contributed by atoms with Crippen molar-refractivity contribution in [1.82, 2.24) is 15.0 Å². The summed E-state index contributed by atoms with van der Waals surface area (Å²) in [5, 5.41) is 0. The molecule has 0 unspecified atom stereocenters. The molecular formula is C9H18N8O. The summed E-state index contributed by atoms with van der Waals surface area (Å²) in [7, 11) is 3.59. The number of aromatic nitrogens is 3. The van der Waals surface area contributed by atoms with Crippen LogP contribution in [0.2, 0.25) is 0 Å². The van der Waals surface area contributed by atoms with Crippen LogP contribution in [0, 0.1) is 0 Å². The van der Waals surface area contributed by atoms with Crippen LogP contribution in [-0.4, -0.2) is 48.0 Å². The lowest BCUT2D eigenvalue weighted by Gasteiger charge is -2.21. The minimum Gasteiger partial charge on any atom is -0.368 e. The van der Waals surface area contributed by atoms with Gasteiger partial charge in [0.15, 0.2) is 0 Å². The third-order valence-corrected chi connectivity index (χ3v) is 2.15. The van der Waals surface area contributed by atoms with Gasteiger partial charge in [-0.15, -0.1) is 0 Å². The van der Waals surface area contributed by atoms with E-state index in [9.17, 15) is 4.79 Å². The van der Waals surface area contributed by atoms with Crippen molar-refractivity contribution >= 4 is 23.8 Å². The molecule has 9 nitrogen and oxygen atoms in total. The molecule has 0 aliphatic rings. The Morgan fingerprint density at radius 3 is 2.33 bits per heavy atom. The van der Waals surface area contributed by atoms with E-state index in [1.54, 1.807) is 23.9 Å². The van der Waals surface area contributed by atoms with Crippen LogP contribution in [-0.2, 0) is 4.79 Å². The van der Waals surface area contributed by atoms with Crippen molar-refractivity contribution in [3.63, 3.8) is 0 Å². The first kappa shape index (κ1) is 13.9. The molecule has 1 rings (SSSR count). The second-order valence-electron chi connectivity index (χ2n) is 3.78. The van der Waals surface area contributed by atoms with Crippen LogP contribution >= 0.6 is 0 Å². The van der Waals surface area contributed by atoms with Gasteiger partial charge in [-0.1, -0.05) is 0 Å². The Hall–Kier alpha value is -2.16. The van der Waals surface area contributed by atoms with Crippen LogP contribution in [0.1, 0.15) is 6.92 Å². The standard InChI is InChI=1S/C9H18N8O/c1-4-17(5-6(10)18)9-13-7(15-11)12-8(14-9)16(2)3/h4-5,11H2,1-3H3,(H2,10,18)(H,12,13,14,15). The van der Waals surface area contributed by atoms with E-state index in [1.165, 1.54) is 0 Å². The highest BCUT2D eigenvalue weighted by molar-refractivity contribution is 5.78. The zero-order valence-electron chi connectivity index (χ0n) is 10.7. The molecule has 0 saturated heterocycles. The van der Waals surface area contributed by atoms with Gasteiger partial charge in [0.05, 0.1) is 6.54 Å². The van der Waals surface area contributed by atoms with Crippen molar-refractivity contribution < 1.29 is 4.79 Å². The maximum Gasteiger partial charge on any atom is 0.243 e. The number of rotatable bonds is 6. The third kappa shape index (κ3) is 3.42. The quantitative estimate of drug-likeness (QED) is 0.415. The van der Waals surface area contributed by atoms with Crippen molar-refractivity contribution in [2.75, 3.05) is 42.4 Å². The van der Waals surface area contributed by atoms with E-state index in [0.717, 1.165) is 0 Å². The number of amides is 1. The molecule has 100 valence electrons. The van der Waals surface area contributed by atoms with Crippen molar-refractivity contribution in [2.24, 2.45) is 11.6 Å². The number of carbonyl (C=O) groups is 1. The van der Waals surface area contributed by atoms with E-state index in [1.807, 2.05) is 6.92 Å². The first-order valence-electron chi connectivity index (χ1n) is 5.41. The average Bonchev–Trinajstić information content (AvgIpc) is 2.34. The molecule has 0 bridgehead atoms. The number of nitrogens with one attached hydrogen (secondary N) is 1. The van der Waals surface area contributed by atoms with E-state index in [2.05, 4.69) is 20.4 Å². The van der Waals surface area contributed by atoms with Crippen LogP contribution < -0.4 is 26.8 Å². The summed E-state index contributed by atoms with van der Waals surface area (Å²) in [5.74, 6) is 5.87. The molecule has 18 heavy (non-hydrogen) atoms. The van der Waals surface area contributed by atoms with Crippen LogP contribution in [0.5, 0.6) is 0 Å². The maximum atomic E-state index is 11.0. The van der Waals surface area contributed by atoms with Gasteiger partial charge in [-0.05, 0) is 6.92 Å². The molecule has 1 heterocycles. The van der Waals surface area contributed by atoms with Crippen molar-refractivity contribution in [2.45, 2.75) is 6.92 Å². The van der Waals surface area contributed by atoms with Gasteiger partial charge < -0.3 is 15.5 Å². The number of anilines is 3. The van der Waals surface area contributed by atoms with Gasteiger partial charge in [0, 0.05) is 20.6 Å². The molecule has 0 spiro atoms. The first-order valence-corrected chi connectivity index (χ1v) is 5.41. The Balaban J connectivity index is 3.12. The SMILES string of the molecule is CCN(CC(N)=O)c1nc(NN)nc(N(C)C)n1. The summed E-state index contributed by atoms with van der Waals surface area (Å²) in [5.41, 5.74) is 7.54. The van der Waals surface area contributed by atoms with Gasteiger partial charge in [-0.25, -0.2) is 5.84 Å². The number of carbonyl (C=O) groups excluding carboxylic acids is 1. The summed E-state index contributed by atoms with van der Waals surface area (Å²) in [6, 6.07) is 0. The highest BCUT2D eigenvalue weighted by atomic mass is 16.1. The minimum atomic E-state index is -0.453. The number of nitrogens with zero attached hydrogens (tertiary/aromatic N) is 5. The lowest BCUT2D eigenvalue weighted by atomic mass is 10.5. The normalized spacial score (nSPS) is 10.0. The number of hydrogen-bond donors (Lipinski definition) is 3. The summed E-state index contributed by atoms with van der Waals surface area (Å²) in [6.45, 7) is 2.46. The summed E-state index contributed by atoms with van der Waals surface area (Å²) in [6.07, 6.45) is 0. The Morgan fingerprint density at radius 1 is 1.28 bits per heavy atom. The lowest BCUT2D eigenvalue weighted by molar-refractivity contribution is -0.116. The van der Waals surface area contributed by atoms with Crippen LogP contribution in [0.15, 0.2) is 0 Å². The number of nitrogens with two attached hydrogens (primary N) is 2. The molecule has 0 saturated carbocycles. The molecule has 0 aliphatic heterocycles. The molecule has 1 aromatic heterocycles. The molecule has 0 aromatic carbocycles. The zero-order valence-corrected chi connectivity index (χ0v) is 10.7. The van der Waals surface area contributed by atoms with Crippen LogP contribution in [0.25, 0.3) is 0 Å². The summed E-state index contributed by atoms with van der Waals surface area (Å²) >= 11 is 0. The lowest BCUT2D eigenvalue weighted by Crippen LogP contribution is -2.35. The second kappa shape index (κ2) is 5.96. The molecule has 1 amide bonds. The van der Waals surface area contributed by atoms with Gasteiger partial charge in [-0.2, -0.15) is 15.0 Å². The molecule has 0 atom stereocenters. The summed E-state index contributed by atoms with van der Waals surface area (Å²) in [4.78, 5) is 26.7. The van der Waals surface area contributed by atoms with E-state index >= 15 is 0 Å². The molecule has 0 aliphatic carbocycles. The summed E-state index contributed by atoms with van der Waals surface area (Å²) < 4.78 is 0. The smallest absolute Gasteiger partial charge is 0.243 e. The van der Waals surface area contributed by atoms with Gasteiger partial charge >= 0.3 is 0 Å². The molecular weight excluding hydrogens is 236 g/mol. The molecule has 0 radical (unpaired) electrons. The van der Waals surface area contributed by atoms with Gasteiger partial charge in [-0.3, -0.25) is 10.2 Å². The fourth-order valence-electron chi connectivity index (χ4n) is 1.27. The van der Waals surface area contributed by atoms with Crippen molar-refractivity contribution in [1.29, 1.82) is 0 Å². The zero-order chi connectivity index (χ0) is 13.7. The Labute approximate surface area is 105 Å².